The van der Waals surface area contributed by atoms with Gasteiger partial charge in [-0.05, 0) is 25.3 Å². The summed E-state index contributed by atoms with van der Waals surface area (Å²) >= 11 is 0. The van der Waals surface area contributed by atoms with Gasteiger partial charge < -0.3 is 9.80 Å². The fraction of sp³-hybridized carbons (Fsp3) is 0.393. The highest BCUT2D eigenvalue weighted by atomic mass is 16.2. The first-order valence-electron chi connectivity index (χ1n) is 12.2. The maximum Gasteiger partial charge on any atom is 0.225 e. The van der Waals surface area contributed by atoms with Crippen LogP contribution in [0.2, 0.25) is 0 Å². The Hall–Kier alpha value is -3.21. The lowest BCUT2D eigenvalue weighted by Gasteiger charge is -2.37. The summed E-state index contributed by atoms with van der Waals surface area (Å²) in [5.74, 6) is 2.39. The van der Waals surface area contributed by atoms with Crippen molar-refractivity contribution in [3.8, 4) is 11.4 Å². The fourth-order valence-corrected chi connectivity index (χ4v) is 5.14. The molecule has 33 heavy (non-hydrogen) atoms. The van der Waals surface area contributed by atoms with Crippen molar-refractivity contribution >= 4 is 11.7 Å². The quantitative estimate of drug-likeness (QED) is 0.567. The molecule has 2 heterocycles. The second-order valence-corrected chi connectivity index (χ2v) is 9.26. The number of rotatable bonds is 5. The first-order chi connectivity index (χ1) is 16.2. The number of amides is 1. The molecule has 1 aliphatic heterocycles. The number of aryl methyl sites for hydroxylation is 1. The standard InChI is InChI=1S/C28H32N4O/c1-21-25(20-22-10-4-2-5-11-22)27(30-26(29-21)23-12-6-3-7-13-23)31-16-18-32(19-17-31)28(33)24-14-8-9-15-24/h2-7,10-13,24H,8-9,14-20H2,1H3. The minimum Gasteiger partial charge on any atom is -0.353 e. The van der Waals surface area contributed by atoms with Crippen LogP contribution in [-0.4, -0.2) is 47.0 Å². The molecule has 5 rings (SSSR count). The van der Waals surface area contributed by atoms with Crippen LogP contribution in [0.5, 0.6) is 0 Å². The lowest BCUT2D eigenvalue weighted by atomic mass is 10.0. The molecule has 1 amide bonds. The maximum absolute atomic E-state index is 12.9. The number of hydrogen-bond acceptors (Lipinski definition) is 4. The topological polar surface area (TPSA) is 49.3 Å². The van der Waals surface area contributed by atoms with Gasteiger partial charge in [0.05, 0.1) is 0 Å². The number of nitrogens with zero attached hydrogens (tertiary/aromatic N) is 4. The normalized spacial score (nSPS) is 16.9. The summed E-state index contributed by atoms with van der Waals surface area (Å²) in [6.07, 6.45) is 5.32. The monoisotopic (exact) mass is 440 g/mol. The molecule has 1 aliphatic carbocycles. The Bertz CT molecular complexity index is 1090. The molecule has 1 saturated carbocycles. The molecule has 1 aromatic heterocycles. The van der Waals surface area contributed by atoms with Crippen molar-refractivity contribution in [2.24, 2.45) is 5.92 Å². The molecule has 0 radical (unpaired) electrons. The largest absolute Gasteiger partial charge is 0.353 e. The second kappa shape index (κ2) is 9.74. The van der Waals surface area contributed by atoms with Crippen LogP contribution < -0.4 is 4.90 Å². The highest BCUT2D eigenvalue weighted by molar-refractivity contribution is 5.79. The molecule has 0 bridgehead atoms. The number of carbonyl (C=O) groups excluding carboxylic acids is 1. The van der Waals surface area contributed by atoms with E-state index in [1.54, 1.807) is 0 Å². The molecular formula is C28H32N4O. The van der Waals surface area contributed by atoms with Gasteiger partial charge in [-0.1, -0.05) is 73.5 Å². The lowest BCUT2D eigenvalue weighted by Crippen LogP contribution is -2.50. The Morgan fingerprint density at radius 1 is 0.879 bits per heavy atom. The Morgan fingerprint density at radius 2 is 1.52 bits per heavy atom. The third-order valence-corrected chi connectivity index (χ3v) is 7.04. The smallest absolute Gasteiger partial charge is 0.225 e. The van der Waals surface area contributed by atoms with Crippen molar-refractivity contribution in [3.63, 3.8) is 0 Å². The van der Waals surface area contributed by atoms with E-state index in [1.807, 2.05) is 24.3 Å². The minimum absolute atomic E-state index is 0.246. The molecule has 1 saturated heterocycles. The number of piperazine rings is 1. The molecule has 2 aliphatic rings. The second-order valence-electron chi connectivity index (χ2n) is 9.26. The van der Waals surface area contributed by atoms with Crippen molar-refractivity contribution in [2.45, 2.75) is 39.0 Å². The van der Waals surface area contributed by atoms with Crippen molar-refractivity contribution < 1.29 is 4.79 Å². The number of anilines is 1. The van der Waals surface area contributed by atoms with Gasteiger partial charge in [0.2, 0.25) is 5.91 Å². The Balaban J connectivity index is 1.43. The van der Waals surface area contributed by atoms with E-state index in [2.05, 4.69) is 53.1 Å². The van der Waals surface area contributed by atoms with Gasteiger partial charge in [-0.2, -0.15) is 0 Å². The molecule has 5 heteroatoms. The Morgan fingerprint density at radius 3 is 2.18 bits per heavy atom. The van der Waals surface area contributed by atoms with Gasteiger partial charge in [0.15, 0.2) is 5.82 Å². The SMILES string of the molecule is Cc1nc(-c2ccccc2)nc(N2CCN(C(=O)C3CCCC3)CC2)c1Cc1ccccc1. The fourth-order valence-electron chi connectivity index (χ4n) is 5.14. The molecule has 3 aromatic rings. The predicted octanol–water partition coefficient (Wildman–Crippen LogP) is 4.88. The summed E-state index contributed by atoms with van der Waals surface area (Å²) in [4.78, 5) is 27.3. The minimum atomic E-state index is 0.246. The zero-order chi connectivity index (χ0) is 22.6. The molecule has 5 nitrogen and oxygen atoms in total. The predicted molar refractivity (Wildman–Crippen MR) is 132 cm³/mol. The van der Waals surface area contributed by atoms with E-state index in [0.717, 1.165) is 68.3 Å². The van der Waals surface area contributed by atoms with Gasteiger partial charge in [0.25, 0.3) is 0 Å². The van der Waals surface area contributed by atoms with E-state index in [4.69, 9.17) is 9.97 Å². The Kier molecular flexibility index (Phi) is 6.38. The van der Waals surface area contributed by atoms with Gasteiger partial charge in [-0.25, -0.2) is 9.97 Å². The number of hydrogen-bond donors (Lipinski definition) is 0. The van der Waals surface area contributed by atoms with E-state index in [0.29, 0.717) is 5.91 Å². The summed E-state index contributed by atoms with van der Waals surface area (Å²) in [6, 6.07) is 20.7. The third-order valence-electron chi connectivity index (χ3n) is 7.04. The van der Waals surface area contributed by atoms with Crippen LogP contribution in [0.3, 0.4) is 0 Å². The van der Waals surface area contributed by atoms with E-state index >= 15 is 0 Å². The lowest BCUT2D eigenvalue weighted by molar-refractivity contribution is -0.135. The van der Waals surface area contributed by atoms with E-state index < -0.39 is 0 Å². The van der Waals surface area contributed by atoms with Gasteiger partial charge in [-0.3, -0.25) is 4.79 Å². The van der Waals surface area contributed by atoms with Crippen molar-refractivity contribution in [1.82, 2.24) is 14.9 Å². The summed E-state index contributed by atoms with van der Waals surface area (Å²) in [7, 11) is 0. The highest BCUT2D eigenvalue weighted by Gasteiger charge is 2.30. The molecule has 0 unspecified atom stereocenters. The zero-order valence-electron chi connectivity index (χ0n) is 19.4. The van der Waals surface area contributed by atoms with Crippen LogP contribution in [-0.2, 0) is 11.2 Å². The molecule has 0 spiro atoms. The average Bonchev–Trinajstić information content (AvgIpc) is 3.41. The number of benzene rings is 2. The van der Waals surface area contributed by atoms with E-state index in [9.17, 15) is 4.79 Å². The summed E-state index contributed by atoms with van der Waals surface area (Å²) in [5, 5.41) is 0. The van der Waals surface area contributed by atoms with Crippen molar-refractivity contribution in [2.75, 3.05) is 31.1 Å². The summed E-state index contributed by atoms with van der Waals surface area (Å²) < 4.78 is 0. The molecule has 2 aromatic carbocycles. The summed E-state index contributed by atoms with van der Waals surface area (Å²) in [5.41, 5.74) is 4.49. The Labute approximate surface area is 196 Å². The number of aromatic nitrogens is 2. The number of carbonyl (C=O) groups is 1. The van der Waals surface area contributed by atoms with Crippen LogP contribution in [0, 0.1) is 12.8 Å². The average molecular weight is 441 g/mol. The molecule has 0 atom stereocenters. The van der Waals surface area contributed by atoms with Crippen LogP contribution in [0.15, 0.2) is 60.7 Å². The van der Waals surface area contributed by atoms with E-state index in [1.165, 1.54) is 24.0 Å². The van der Waals surface area contributed by atoms with Gasteiger partial charge in [-0.15, -0.1) is 0 Å². The van der Waals surface area contributed by atoms with Gasteiger partial charge in [0, 0.05) is 55.3 Å². The van der Waals surface area contributed by atoms with Crippen LogP contribution in [0.4, 0.5) is 5.82 Å². The molecule has 2 fully saturated rings. The summed E-state index contributed by atoms with van der Waals surface area (Å²) in [6.45, 7) is 5.25. The van der Waals surface area contributed by atoms with Crippen molar-refractivity contribution in [1.29, 1.82) is 0 Å². The maximum atomic E-state index is 12.9. The van der Waals surface area contributed by atoms with Crippen LogP contribution in [0.1, 0.15) is 42.5 Å². The van der Waals surface area contributed by atoms with Gasteiger partial charge in [0.1, 0.15) is 5.82 Å². The highest BCUT2D eigenvalue weighted by Crippen LogP contribution is 2.30. The molecule has 0 N–H and O–H groups in total. The van der Waals surface area contributed by atoms with Crippen LogP contribution in [0.25, 0.3) is 11.4 Å². The molecular weight excluding hydrogens is 408 g/mol. The molecule has 170 valence electrons. The first-order valence-corrected chi connectivity index (χ1v) is 12.2. The van der Waals surface area contributed by atoms with Crippen molar-refractivity contribution in [3.05, 3.63) is 77.5 Å². The first kappa shape index (κ1) is 21.6. The third kappa shape index (κ3) is 4.77. The van der Waals surface area contributed by atoms with E-state index in [-0.39, 0.29) is 5.92 Å². The zero-order valence-corrected chi connectivity index (χ0v) is 19.4. The van der Waals surface area contributed by atoms with Crippen LogP contribution >= 0.6 is 0 Å². The van der Waals surface area contributed by atoms with Gasteiger partial charge >= 0.3 is 0 Å².